The summed E-state index contributed by atoms with van der Waals surface area (Å²) in [6.45, 7) is 7.17. The maximum Gasteiger partial charge on any atom is 0.264 e. The molecule has 3 rings (SSSR count). The zero-order valence-electron chi connectivity index (χ0n) is 23.1. The van der Waals surface area contributed by atoms with Gasteiger partial charge in [0, 0.05) is 22.6 Å². The summed E-state index contributed by atoms with van der Waals surface area (Å²) in [5, 5.41) is 3.90. The number of benzene rings is 3. The highest BCUT2D eigenvalue weighted by Gasteiger charge is 2.34. The van der Waals surface area contributed by atoms with Gasteiger partial charge in [0.2, 0.25) is 11.8 Å². The van der Waals surface area contributed by atoms with Gasteiger partial charge in [-0.15, -0.1) is 0 Å². The lowest BCUT2D eigenvalue weighted by molar-refractivity contribution is -0.140. The summed E-state index contributed by atoms with van der Waals surface area (Å²) in [5.74, 6) is -0.805. The van der Waals surface area contributed by atoms with Crippen LogP contribution in [0.15, 0.2) is 77.7 Å². The standard InChI is InChI=1S/C30H35Cl2N3O4S/c1-5-22(4)33-30(37)28(6-2)34(19-23-9-11-24(31)12-10-23)29(36)20-35(26-15-7-21(3)8-16-26)40(38,39)27-17-13-25(32)14-18-27/h7-18,22,28H,5-6,19-20H2,1-4H3,(H,33,37)/t22-,28-/m0/s1. The lowest BCUT2D eigenvalue weighted by Gasteiger charge is -2.33. The molecule has 0 aliphatic carbocycles. The zero-order chi connectivity index (χ0) is 29.4. The third-order valence-electron chi connectivity index (χ3n) is 6.66. The maximum absolute atomic E-state index is 14.1. The van der Waals surface area contributed by atoms with Crippen LogP contribution in [0.2, 0.25) is 10.0 Å². The third-order valence-corrected chi connectivity index (χ3v) is 8.95. The molecule has 2 atom stereocenters. The van der Waals surface area contributed by atoms with E-state index in [1.807, 2.05) is 27.7 Å². The van der Waals surface area contributed by atoms with Crippen molar-refractivity contribution >= 4 is 50.7 Å². The van der Waals surface area contributed by atoms with Crippen molar-refractivity contribution in [2.75, 3.05) is 10.8 Å². The SMILES string of the molecule is CC[C@H](C)NC(=O)[C@H](CC)N(Cc1ccc(Cl)cc1)C(=O)CN(c1ccc(C)cc1)S(=O)(=O)c1ccc(Cl)cc1. The van der Waals surface area contributed by atoms with Gasteiger partial charge in [0.05, 0.1) is 10.6 Å². The molecule has 0 unspecified atom stereocenters. The molecule has 40 heavy (non-hydrogen) atoms. The van der Waals surface area contributed by atoms with E-state index < -0.39 is 28.5 Å². The Morgan fingerprint density at radius 3 is 1.93 bits per heavy atom. The van der Waals surface area contributed by atoms with E-state index in [0.29, 0.717) is 22.2 Å². The van der Waals surface area contributed by atoms with Crippen LogP contribution >= 0.6 is 23.2 Å². The fourth-order valence-corrected chi connectivity index (χ4v) is 5.79. The Balaban J connectivity index is 2.04. The van der Waals surface area contributed by atoms with Crippen molar-refractivity contribution in [1.82, 2.24) is 10.2 Å². The fourth-order valence-electron chi connectivity index (χ4n) is 4.12. The van der Waals surface area contributed by atoms with E-state index in [4.69, 9.17) is 23.2 Å². The Kier molecular flexibility index (Phi) is 11.0. The normalized spacial score (nSPS) is 12.8. The first kappa shape index (κ1) is 31.5. The van der Waals surface area contributed by atoms with Gasteiger partial charge in [-0.25, -0.2) is 8.42 Å². The summed E-state index contributed by atoms with van der Waals surface area (Å²) in [7, 11) is -4.16. The van der Waals surface area contributed by atoms with Crippen LogP contribution in [-0.2, 0) is 26.2 Å². The second-order valence-corrected chi connectivity index (χ2v) is 12.4. The predicted molar refractivity (Wildman–Crippen MR) is 161 cm³/mol. The van der Waals surface area contributed by atoms with Crippen molar-refractivity contribution in [3.63, 3.8) is 0 Å². The Bertz CT molecular complexity index is 1400. The number of anilines is 1. The molecule has 0 spiro atoms. The van der Waals surface area contributed by atoms with Crippen molar-refractivity contribution in [3.8, 4) is 0 Å². The maximum atomic E-state index is 14.1. The van der Waals surface area contributed by atoms with Crippen LogP contribution < -0.4 is 9.62 Å². The Morgan fingerprint density at radius 2 is 1.40 bits per heavy atom. The molecule has 0 heterocycles. The molecule has 214 valence electrons. The van der Waals surface area contributed by atoms with Gasteiger partial charge in [-0.2, -0.15) is 0 Å². The molecule has 0 fully saturated rings. The van der Waals surface area contributed by atoms with E-state index in [1.165, 1.54) is 29.2 Å². The molecule has 0 bridgehead atoms. The molecule has 3 aromatic rings. The minimum Gasteiger partial charge on any atom is -0.352 e. The smallest absolute Gasteiger partial charge is 0.264 e. The van der Waals surface area contributed by atoms with E-state index in [-0.39, 0.29) is 23.4 Å². The molecule has 0 aliphatic heterocycles. The highest BCUT2D eigenvalue weighted by Crippen LogP contribution is 2.26. The summed E-state index contributed by atoms with van der Waals surface area (Å²) in [6.07, 6.45) is 1.07. The van der Waals surface area contributed by atoms with Gasteiger partial charge in [0.1, 0.15) is 12.6 Å². The van der Waals surface area contributed by atoms with Gasteiger partial charge >= 0.3 is 0 Å². The van der Waals surface area contributed by atoms with Crippen LogP contribution in [0.1, 0.15) is 44.7 Å². The number of carbonyl (C=O) groups is 2. The van der Waals surface area contributed by atoms with E-state index in [2.05, 4.69) is 5.32 Å². The molecule has 0 aliphatic rings. The van der Waals surface area contributed by atoms with Crippen LogP contribution in [-0.4, -0.2) is 43.8 Å². The number of amides is 2. The van der Waals surface area contributed by atoms with Crippen LogP contribution in [0.4, 0.5) is 5.69 Å². The molecule has 2 amide bonds. The Hall–Kier alpha value is -3.07. The number of carbonyl (C=O) groups excluding carboxylic acids is 2. The largest absolute Gasteiger partial charge is 0.352 e. The zero-order valence-corrected chi connectivity index (χ0v) is 25.4. The van der Waals surface area contributed by atoms with Crippen molar-refractivity contribution in [2.45, 2.75) is 64.1 Å². The number of nitrogens with zero attached hydrogens (tertiary/aromatic N) is 2. The third kappa shape index (κ3) is 7.99. The molecule has 1 N–H and O–H groups in total. The molecule has 0 saturated carbocycles. The molecule has 0 aromatic heterocycles. The van der Waals surface area contributed by atoms with Crippen molar-refractivity contribution in [3.05, 3.63) is 94.0 Å². The van der Waals surface area contributed by atoms with Crippen LogP contribution in [0.25, 0.3) is 0 Å². The van der Waals surface area contributed by atoms with Gasteiger partial charge in [0.15, 0.2) is 0 Å². The number of sulfonamides is 1. The molecule has 0 radical (unpaired) electrons. The number of hydrogen-bond acceptors (Lipinski definition) is 4. The van der Waals surface area contributed by atoms with Crippen molar-refractivity contribution < 1.29 is 18.0 Å². The minimum absolute atomic E-state index is 0.00363. The monoisotopic (exact) mass is 603 g/mol. The number of nitrogens with one attached hydrogen (secondary N) is 1. The second kappa shape index (κ2) is 14.0. The highest BCUT2D eigenvalue weighted by atomic mass is 35.5. The van der Waals surface area contributed by atoms with E-state index in [0.717, 1.165) is 21.9 Å². The lowest BCUT2D eigenvalue weighted by Crippen LogP contribution is -2.53. The molecule has 3 aromatic carbocycles. The quantitative estimate of drug-likeness (QED) is 0.266. The molecule has 7 nitrogen and oxygen atoms in total. The summed E-state index contributed by atoms with van der Waals surface area (Å²) in [4.78, 5) is 28.8. The molecular weight excluding hydrogens is 569 g/mol. The summed E-state index contributed by atoms with van der Waals surface area (Å²) in [5.41, 5.74) is 2.03. The van der Waals surface area contributed by atoms with Gasteiger partial charge in [-0.1, -0.05) is 66.9 Å². The first-order valence-corrected chi connectivity index (χ1v) is 15.3. The summed E-state index contributed by atoms with van der Waals surface area (Å²) < 4.78 is 28.8. The van der Waals surface area contributed by atoms with Crippen LogP contribution in [0.5, 0.6) is 0 Å². The second-order valence-electron chi connectivity index (χ2n) is 9.69. The van der Waals surface area contributed by atoms with Gasteiger partial charge in [-0.05, 0) is 80.8 Å². The average molecular weight is 605 g/mol. The summed E-state index contributed by atoms with van der Waals surface area (Å²) in [6, 6.07) is 18.8. The van der Waals surface area contributed by atoms with Gasteiger partial charge < -0.3 is 10.2 Å². The molecule has 0 saturated heterocycles. The number of hydrogen-bond donors (Lipinski definition) is 1. The summed E-state index contributed by atoms with van der Waals surface area (Å²) >= 11 is 12.1. The van der Waals surface area contributed by atoms with E-state index in [9.17, 15) is 18.0 Å². The fraction of sp³-hybridized carbons (Fsp3) is 0.333. The van der Waals surface area contributed by atoms with E-state index in [1.54, 1.807) is 48.5 Å². The number of rotatable bonds is 12. The lowest BCUT2D eigenvalue weighted by atomic mass is 10.1. The van der Waals surface area contributed by atoms with Crippen LogP contribution in [0, 0.1) is 6.92 Å². The Morgan fingerprint density at radius 1 is 0.850 bits per heavy atom. The van der Waals surface area contributed by atoms with Gasteiger partial charge in [-0.3, -0.25) is 13.9 Å². The molecular formula is C30H35Cl2N3O4S. The topological polar surface area (TPSA) is 86.8 Å². The number of aryl methyl sites for hydroxylation is 1. The predicted octanol–water partition coefficient (Wildman–Crippen LogP) is 6.22. The van der Waals surface area contributed by atoms with Crippen molar-refractivity contribution in [1.29, 1.82) is 0 Å². The average Bonchev–Trinajstić information content (AvgIpc) is 2.93. The minimum atomic E-state index is -4.16. The first-order valence-electron chi connectivity index (χ1n) is 13.2. The van der Waals surface area contributed by atoms with Crippen LogP contribution in [0.3, 0.4) is 0 Å². The first-order chi connectivity index (χ1) is 19.0. The number of halogens is 2. The van der Waals surface area contributed by atoms with E-state index >= 15 is 0 Å². The Labute approximate surface area is 247 Å². The highest BCUT2D eigenvalue weighted by molar-refractivity contribution is 7.92. The molecule has 10 heteroatoms. The van der Waals surface area contributed by atoms with Crippen molar-refractivity contribution in [2.24, 2.45) is 0 Å². The van der Waals surface area contributed by atoms with Gasteiger partial charge in [0.25, 0.3) is 10.0 Å².